The van der Waals surface area contributed by atoms with Crippen molar-refractivity contribution in [3.8, 4) is 5.75 Å². The maximum Gasteiger partial charge on any atom is 0.264 e. The quantitative estimate of drug-likeness (QED) is 0.225. The number of hydrogen-bond donors (Lipinski definition) is 3. The Morgan fingerprint density at radius 1 is 0.974 bits per heavy atom. The van der Waals surface area contributed by atoms with Crippen molar-refractivity contribution in [2.24, 2.45) is 5.41 Å². The molecule has 0 aliphatic heterocycles. The molecule has 39 heavy (non-hydrogen) atoms. The van der Waals surface area contributed by atoms with E-state index in [2.05, 4.69) is 25.3 Å². The number of hydrogen-bond acceptors (Lipinski definition) is 7. The average molecular weight is 570 g/mol. The molecule has 0 radical (unpaired) electrons. The summed E-state index contributed by atoms with van der Waals surface area (Å²) in [7, 11) is -3.88. The van der Waals surface area contributed by atoms with Gasteiger partial charge in [0.2, 0.25) is 11.9 Å². The number of nitrogens with one attached hydrogen (secondary N) is 3. The van der Waals surface area contributed by atoms with Gasteiger partial charge >= 0.3 is 0 Å². The molecule has 0 atom stereocenters. The van der Waals surface area contributed by atoms with Crippen molar-refractivity contribution in [2.75, 3.05) is 16.6 Å². The topological polar surface area (TPSA) is 122 Å². The monoisotopic (exact) mass is 569 g/mol. The summed E-state index contributed by atoms with van der Waals surface area (Å²) in [5.74, 6) is 0.650. The molecule has 1 aromatic heterocycles. The fourth-order valence-electron chi connectivity index (χ4n) is 3.78. The van der Waals surface area contributed by atoms with Gasteiger partial charge in [0.05, 0.1) is 11.5 Å². The molecule has 3 rings (SSSR count). The van der Waals surface area contributed by atoms with Gasteiger partial charge in [0.1, 0.15) is 5.75 Å². The summed E-state index contributed by atoms with van der Waals surface area (Å²) in [5.41, 5.74) is 3.38. The Labute approximate surface area is 235 Å². The lowest BCUT2D eigenvalue weighted by Gasteiger charge is -2.24. The summed E-state index contributed by atoms with van der Waals surface area (Å²) in [5, 5.41) is 5.77. The minimum absolute atomic E-state index is 0.0121. The number of amides is 1. The number of ether oxygens (including phenoxy) is 1. The van der Waals surface area contributed by atoms with E-state index >= 15 is 0 Å². The number of aromatic nitrogens is 2. The van der Waals surface area contributed by atoms with Crippen LogP contribution in [0.25, 0.3) is 0 Å². The molecule has 208 valence electrons. The molecule has 0 bridgehead atoms. The van der Waals surface area contributed by atoms with E-state index in [1.807, 2.05) is 45.9 Å². The molecule has 3 N–H and O–H groups in total. The predicted octanol–water partition coefficient (Wildman–Crippen LogP) is 5.21. The highest BCUT2D eigenvalue weighted by Gasteiger charge is 2.28. The normalized spacial score (nSPS) is 11.5. The first-order valence-electron chi connectivity index (χ1n) is 12.5. The summed E-state index contributed by atoms with van der Waals surface area (Å²) >= 11 is 5.31. The summed E-state index contributed by atoms with van der Waals surface area (Å²) in [6.07, 6.45) is 1.31. The molecule has 9 nitrogen and oxygen atoms in total. The van der Waals surface area contributed by atoms with Crippen molar-refractivity contribution in [3.05, 3.63) is 71.0 Å². The Balaban J connectivity index is 1.50. The number of sulfonamides is 1. The molecule has 1 heterocycles. The summed E-state index contributed by atoms with van der Waals surface area (Å²) in [6.45, 7) is 11.8. The fourth-order valence-corrected chi connectivity index (χ4v) is 4.93. The SMILES string of the molecule is Cc1ccc(C)c(OCCCC(C)(C)C(=O)NC(=S)Nc2ccc(S(=O)(=O)Nc3nc(C)cc(C)n3)cc2)c1. The third-order valence-electron chi connectivity index (χ3n) is 6.02. The Kier molecular flexibility index (Phi) is 9.63. The van der Waals surface area contributed by atoms with Crippen LogP contribution in [-0.2, 0) is 14.8 Å². The van der Waals surface area contributed by atoms with E-state index < -0.39 is 15.4 Å². The van der Waals surface area contributed by atoms with Gasteiger partial charge in [-0.15, -0.1) is 0 Å². The molecule has 3 aromatic rings. The number of carbonyl (C=O) groups is 1. The van der Waals surface area contributed by atoms with Gasteiger partial charge in [0.15, 0.2) is 5.11 Å². The predicted molar refractivity (Wildman–Crippen MR) is 158 cm³/mol. The third-order valence-corrected chi connectivity index (χ3v) is 7.57. The van der Waals surface area contributed by atoms with Gasteiger partial charge < -0.3 is 15.4 Å². The van der Waals surface area contributed by atoms with Crippen LogP contribution in [0, 0.1) is 33.1 Å². The minimum atomic E-state index is -3.88. The second-order valence-electron chi connectivity index (χ2n) is 10.1. The second-order valence-corrected chi connectivity index (χ2v) is 12.2. The first-order chi connectivity index (χ1) is 18.2. The van der Waals surface area contributed by atoms with Crippen molar-refractivity contribution in [3.63, 3.8) is 0 Å². The molecule has 0 aliphatic carbocycles. The molecule has 2 aromatic carbocycles. The molecule has 0 saturated heterocycles. The second kappa shape index (κ2) is 12.5. The number of carbonyl (C=O) groups excluding carboxylic acids is 1. The molecule has 0 fully saturated rings. The Bertz CT molecular complexity index is 1440. The van der Waals surface area contributed by atoms with Gasteiger partial charge in [-0.05, 0) is 100 Å². The number of nitrogens with zero attached hydrogens (tertiary/aromatic N) is 2. The van der Waals surface area contributed by atoms with Crippen molar-refractivity contribution in [1.82, 2.24) is 15.3 Å². The number of thiocarbonyl (C=S) groups is 1. The molecule has 11 heteroatoms. The smallest absolute Gasteiger partial charge is 0.264 e. The van der Waals surface area contributed by atoms with Crippen LogP contribution in [0.5, 0.6) is 5.75 Å². The lowest BCUT2D eigenvalue weighted by Crippen LogP contribution is -2.42. The molecule has 0 saturated carbocycles. The highest BCUT2D eigenvalue weighted by Crippen LogP contribution is 2.24. The summed E-state index contributed by atoms with van der Waals surface area (Å²) in [6, 6.07) is 13.8. The maximum absolute atomic E-state index is 12.9. The van der Waals surface area contributed by atoms with Gasteiger partial charge in [0, 0.05) is 22.5 Å². The Morgan fingerprint density at radius 2 is 1.62 bits per heavy atom. The van der Waals surface area contributed by atoms with E-state index in [0.29, 0.717) is 36.5 Å². The van der Waals surface area contributed by atoms with Crippen molar-refractivity contribution >= 4 is 44.9 Å². The molecule has 0 aliphatic rings. The van der Waals surface area contributed by atoms with Crippen molar-refractivity contribution in [2.45, 2.75) is 59.3 Å². The van der Waals surface area contributed by atoms with Crippen molar-refractivity contribution < 1.29 is 17.9 Å². The first kappa shape index (κ1) is 30.0. The van der Waals surface area contributed by atoms with Crippen molar-refractivity contribution in [1.29, 1.82) is 0 Å². The van der Waals surface area contributed by atoms with E-state index in [4.69, 9.17) is 17.0 Å². The Morgan fingerprint density at radius 3 is 2.26 bits per heavy atom. The zero-order valence-corrected chi connectivity index (χ0v) is 24.7. The largest absolute Gasteiger partial charge is 0.493 e. The van der Waals surface area contributed by atoms with Gasteiger partial charge in [-0.25, -0.2) is 23.1 Å². The van der Waals surface area contributed by atoms with Crippen LogP contribution in [0.15, 0.2) is 53.4 Å². The fraction of sp³-hybridized carbons (Fsp3) is 0.357. The molecule has 0 unspecified atom stereocenters. The Hall–Kier alpha value is -3.57. The van der Waals surface area contributed by atoms with Crippen LogP contribution < -0.4 is 20.1 Å². The van der Waals surface area contributed by atoms with E-state index in [9.17, 15) is 13.2 Å². The lowest BCUT2D eigenvalue weighted by molar-refractivity contribution is -0.128. The maximum atomic E-state index is 12.9. The van der Waals surface area contributed by atoms with Crippen LogP contribution >= 0.6 is 12.2 Å². The van der Waals surface area contributed by atoms with Crippen LogP contribution in [0.2, 0.25) is 0 Å². The van der Waals surface area contributed by atoms with E-state index in [1.165, 1.54) is 12.1 Å². The summed E-state index contributed by atoms with van der Waals surface area (Å²) in [4.78, 5) is 21.1. The third kappa shape index (κ3) is 8.72. The number of benzene rings is 2. The average Bonchev–Trinajstić information content (AvgIpc) is 2.83. The highest BCUT2D eigenvalue weighted by atomic mass is 32.2. The van der Waals surface area contributed by atoms with Crippen LogP contribution in [0.4, 0.5) is 11.6 Å². The van der Waals surface area contributed by atoms with Gasteiger partial charge in [-0.3, -0.25) is 4.79 Å². The molecular formula is C28H35N5O4S2. The minimum Gasteiger partial charge on any atom is -0.493 e. The summed E-state index contributed by atoms with van der Waals surface area (Å²) < 4.78 is 33.8. The standard InChI is InChI=1S/C28H35N5O4S2/c1-18-8-9-19(2)24(16-18)37-15-7-14-28(5,6)25(34)32-27(38)31-22-10-12-23(13-11-22)39(35,36)33-26-29-20(3)17-21(4)30-26/h8-13,16-17H,7,14-15H2,1-6H3,(H,29,30,33)(H2,31,32,34,38). The number of anilines is 2. The molecule has 0 spiro atoms. The van der Waals surface area contributed by atoms with Gasteiger partial charge in [0.25, 0.3) is 10.0 Å². The zero-order valence-electron chi connectivity index (χ0n) is 23.1. The van der Waals surface area contributed by atoms with E-state index in [-0.39, 0.29) is 21.9 Å². The van der Waals surface area contributed by atoms with Crippen LogP contribution in [0.1, 0.15) is 49.2 Å². The number of aryl methyl sites for hydroxylation is 4. The van der Waals surface area contributed by atoms with Gasteiger partial charge in [-0.2, -0.15) is 0 Å². The van der Waals surface area contributed by atoms with E-state index in [0.717, 1.165) is 16.9 Å². The van der Waals surface area contributed by atoms with Crippen LogP contribution in [0.3, 0.4) is 0 Å². The molecular weight excluding hydrogens is 534 g/mol. The first-order valence-corrected chi connectivity index (χ1v) is 14.4. The number of rotatable bonds is 10. The highest BCUT2D eigenvalue weighted by molar-refractivity contribution is 7.92. The lowest BCUT2D eigenvalue weighted by atomic mass is 9.87. The molecule has 1 amide bonds. The van der Waals surface area contributed by atoms with E-state index in [1.54, 1.807) is 32.0 Å². The zero-order chi connectivity index (χ0) is 28.8. The van der Waals surface area contributed by atoms with Gasteiger partial charge in [-0.1, -0.05) is 26.0 Å². The van der Waals surface area contributed by atoms with Crippen LogP contribution in [-0.4, -0.2) is 36.0 Å².